The number of carboxylic acid groups (broad SMARTS) is 1. The molecule has 1 aromatic heterocycles. The van der Waals surface area contributed by atoms with Crippen LogP contribution in [-0.2, 0) is 11.3 Å². The van der Waals surface area contributed by atoms with Crippen molar-refractivity contribution in [3.63, 3.8) is 0 Å². The number of carbonyl (C=O) groups excluding carboxylic acids is 1. The predicted molar refractivity (Wildman–Crippen MR) is 67.4 cm³/mol. The van der Waals surface area contributed by atoms with Crippen LogP contribution in [0.3, 0.4) is 0 Å². The molecule has 7 nitrogen and oxygen atoms in total. The van der Waals surface area contributed by atoms with Gasteiger partial charge in [-0.2, -0.15) is 0 Å². The highest BCUT2D eigenvalue weighted by Crippen LogP contribution is 2.17. The number of aromatic nitrogens is 2. The van der Waals surface area contributed by atoms with Gasteiger partial charge in [-0.25, -0.2) is 9.78 Å². The van der Waals surface area contributed by atoms with Crippen LogP contribution in [0.1, 0.15) is 6.42 Å². The van der Waals surface area contributed by atoms with Crippen LogP contribution in [0.15, 0.2) is 30.9 Å². The summed E-state index contributed by atoms with van der Waals surface area (Å²) >= 11 is 0. The van der Waals surface area contributed by atoms with Crippen LogP contribution < -0.4 is 10.6 Å². The molecule has 19 heavy (non-hydrogen) atoms. The molecule has 0 spiro atoms. The summed E-state index contributed by atoms with van der Waals surface area (Å²) in [5, 5.41) is 14.3. The summed E-state index contributed by atoms with van der Waals surface area (Å²) < 4.78 is 1.86. The largest absolute Gasteiger partial charge is 0.481 e. The average Bonchev–Trinajstić information content (AvgIpc) is 3.00. The van der Waals surface area contributed by atoms with E-state index in [1.165, 1.54) is 0 Å². The molecule has 2 unspecified atom stereocenters. The molecular formula is C12H16N4O3. The smallest absolute Gasteiger partial charge is 0.315 e. The number of carbonyl (C=O) groups is 2. The fraction of sp³-hybridized carbons (Fsp3) is 0.417. The molecule has 1 aliphatic carbocycles. The molecule has 0 fully saturated rings. The highest BCUT2D eigenvalue weighted by Gasteiger charge is 2.25. The molecular weight excluding hydrogens is 248 g/mol. The number of hydrogen-bond acceptors (Lipinski definition) is 3. The molecule has 0 aliphatic heterocycles. The van der Waals surface area contributed by atoms with Crippen LogP contribution in [0, 0.1) is 5.92 Å². The number of nitrogens with zero attached hydrogens (tertiary/aromatic N) is 2. The normalized spacial score (nSPS) is 21.3. The van der Waals surface area contributed by atoms with E-state index >= 15 is 0 Å². The first-order valence-electron chi connectivity index (χ1n) is 6.06. The minimum Gasteiger partial charge on any atom is -0.481 e. The van der Waals surface area contributed by atoms with Gasteiger partial charge in [0.2, 0.25) is 0 Å². The molecule has 0 radical (unpaired) electrons. The molecule has 0 aromatic carbocycles. The Bertz CT molecular complexity index is 469. The number of aliphatic carboxylic acids is 1. The van der Waals surface area contributed by atoms with E-state index in [9.17, 15) is 9.59 Å². The fourth-order valence-corrected chi connectivity index (χ4v) is 1.93. The van der Waals surface area contributed by atoms with Crippen molar-refractivity contribution in [2.75, 3.05) is 6.54 Å². The minimum atomic E-state index is -0.860. The second-order valence-electron chi connectivity index (χ2n) is 4.37. The maximum atomic E-state index is 11.6. The lowest BCUT2D eigenvalue weighted by Crippen LogP contribution is -2.42. The van der Waals surface area contributed by atoms with Gasteiger partial charge in [-0.05, 0) is 6.42 Å². The van der Waals surface area contributed by atoms with Crippen molar-refractivity contribution in [1.29, 1.82) is 0 Å². The fourth-order valence-electron chi connectivity index (χ4n) is 1.93. The van der Waals surface area contributed by atoms with E-state index in [1.807, 2.05) is 10.8 Å². The van der Waals surface area contributed by atoms with Crippen LogP contribution in [0.2, 0.25) is 0 Å². The highest BCUT2D eigenvalue weighted by atomic mass is 16.4. The quantitative estimate of drug-likeness (QED) is 0.662. The number of carboxylic acids is 1. The number of hydrogen-bond donors (Lipinski definition) is 3. The maximum Gasteiger partial charge on any atom is 0.315 e. The van der Waals surface area contributed by atoms with Gasteiger partial charge in [0.1, 0.15) is 0 Å². The van der Waals surface area contributed by atoms with E-state index in [0.717, 1.165) is 0 Å². The van der Waals surface area contributed by atoms with E-state index in [2.05, 4.69) is 15.6 Å². The standard InChI is InChI=1S/C12H16N4O3/c17-11(18)9-1-2-10(7-9)15-12(19)14-4-6-16-5-3-13-8-16/h1-3,5,8-10H,4,6-7H2,(H,17,18)(H2,14,15,19). The van der Waals surface area contributed by atoms with Crippen molar-refractivity contribution >= 4 is 12.0 Å². The van der Waals surface area contributed by atoms with Gasteiger partial charge >= 0.3 is 12.0 Å². The number of amides is 2. The first-order valence-corrected chi connectivity index (χ1v) is 6.06. The van der Waals surface area contributed by atoms with E-state index < -0.39 is 11.9 Å². The number of imidazole rings is 1. The first-order chi connectivity index (χ1) is 9.15. The molecule has 2 amide bonds. The van der Waals surface area contributed by atoms with Crippen molar-refractivity contribution in [2.45, 2.75) is 19.0 Å². The summed E-state index contributed by atoms with van der Waals surface area (Å²) in [4.78, 5) is 26.2. The number of rotatable bonds is 5. The Morgan fingerprint density at radius 3 is 2.89 bits per heavy atom. The van der Waals surface area contributed by atoms with Gasteiger partial charge in [0.25, 0.3) is 0 Å². The van der Waals surface area contributed by atoms with Gasteiger partial charge in [0.15, 0.2) is 0 Å². The van der Waals surface area contributed by atoms with Gasteiger partial charge in [-0.3, -0.25) is 4.79 Å². The maximum absolute atomic E-state index is 11.6. The SMILES string of the molecule is O=C(NCCn1ccnc1)NC1C=CC(C(=O)O)C1. The molecule has 0 bridgehead atoms. The Morgan fingerprint density at radius 2 is 2.26 bits per heavy atom. The van der Waals surface area contributed by atoms with E-state index in [-0.39, 0.29) is 12.1 Å². The van der Waals surface area contributed by atoms with Crippen LogP contribution >= 0.6 is 0 Å². The zero-order valence-corrected chi connectivity index (χ0v) is 10.3. The van der Waals surface area contributed by atoms with Gasteiger partial charge in [0, 0.05) is 25.5 Å². The molecule has 2 atom stereocenters. The van der Waals surface area contributed by atoms with Gasteiger partial charge in [-0.15, -0.1) is 0 Å². The Balaban J connectivity index is 1.65. The third-order valence-electron chi connectivity index (χ3n) is 2.93. The van der Waals surface area contributed by atoms with Crippen LogP contribution in [0.5, 0.6) is 0 Å². The van der Waals surface area contributed by atoms with Crippen molar-refractivity contribution < 1.29 is 14.7 Å². The molecule has 3 N–H and O–H groups in total. The van der Waals surface area contributed by atoms with Gasteiger partial charge in [-0.1, -0.05) is 12.2 Å². The molecule has 2 rings (SSSR count). The Hall–Kier alpha value is -2.31. The van der Waals surface area contributed by atoms with Crippen LogP contribution in [-0.4, -0.2) is 39.2 Å². The highest BCUT2D eigenvalue weighted by molar-refractivity contribution is 5.76. The van der Waals surface area contributed by atoms with Gasteiger partial charge in [0.05, 0.1) is 18.3 Å². The van der Waals surface area contributed by atoms with Crippen molar-refractivity contribution in [3.8, 4) is 0 Å². The minimum absolute atomic E-state index is 0.214. The molecule has 102 valence electrons. The second-order valence-corrected chi connectivity index (χ2v) is 4.37. The monoisotopic (exact) mass is 264 g/mol. The number of urea groups is 1. The topological polar surface area (TPSA) is 96.3 Å². The van der Waals surface area contributed by atoms with E-state index in [0.29, 0.717) is 19.5 Å². The van der Waals surface area contributed by atoms with Crippen LogP contribution in [0.25, 0.3) is 0 Å². The Kier molecular flexibility index (Phi) is 4.17. The Labute approximate surface area is 110 Å². The molecule has 1 heterocycles. The molecule has 0 saturated heterocycles. The summed E-state index contributed by atoms with van der Waals surface area (Å²) in [5.41, 5.74) is 0. The summed E-state index contributed by atoms with van der Waals surface area (Å²) in [6.45, 7) is 1.13. The summed E-state index contributed by atoms with van der Waals surface area (Å²) in [6, 6.07) is -0.504. The summed E-state index contributed by atoms with van der Waals surface area (Å²) in [6.07, 6.45) is 8.90. The van der Waals surface area contributed by atoms with Crippen molar-refractivity contribution in [1.82, 2.24) is 20.2 Å². The van der Waals surface area contributed by atoms with Crippen molar-refractivity contribution in [3.05, 3.63) is 30.9 Å². The third-order valence-corrected chi connectivity index (χ3v) is 2.93. The second kappa shape index (κ2) is 6.03. The van der Waals surface area contributed by atoms with E-state index in [4.69, 9.17) is 5.11 Å². The first kappa shape index (κ1) is 13.1. The molecule has 7 heteroatoms. The molecule has 0 saturated carbocycles. The zero-order chi connectivity index (χ0) is 13.7. The summed E-state index contributed by atoms with van der Waals surface area (Å²) in [5.74, 6) is -1.36. The van der Waals surface area contributed by atoms with Gasteiger partial charge < -0.3 is 20.3 Å². The van der Waals surface area contributed by atoms with Crippen molar-refractivity contribution in [2.24, 2.45) is 5.92 Å². The summed E-state index contributed by atoms with van der Waals surface area (Å²) in [7, 11) is 0. The zero-order valence-electron chi connectivity index (χ0n) is 10.3. The third kappa shape index (κ3) is 3.84. The lowest BCUT2D eigenvalue weighted by molar-refractivity contribution is -0.140. The lowest BCUT2D eigenvalue weighted by atomic mass is 10.1. The van der Waals surface area contributed by atoms with E-state index in [1.54, 1.807) is 24.7 Å². The predicted octanol–water partition coefficient (Wildman–Crippen LogP) is 0.212. The Morgan fingerprint density at radius 1 is 1.42 bits per heavy atom. The van der Waals surface area contributed by atoms with Crippen LogP contribution in [0.4, 0.5) is 4.79 Å². The average molecular weight is 264 g/mol. The molecule has 1 aliphatic rings. The number of nitrogens with one attached hydrogen (secondary N) is 2. The molecule has 1 aromatic rings. The lowest BCUT2D eigenvalue weighted by Gasteiger charge is -2.13.